The van der Waals surface area contributed by atoms with Gasteiger partial charge in [0, 0.05) is 11.8 Å². The number of amides is 3. The van der Waals surface area contributed by atoms with Gasteiger partial charge in [-0.3, -0.25) is 14.9 Å². The van der Waals surface area contributed by atoms with Crippen LogP contribution in [0.5, 0.6) is 17.2 Å². The zero-order valence-electron chi connectivity index (χ0n) is 15.5. The minimum absolute atomic E-state index is 0.0223. The fraction of sp³-hybridized carbons (Fsp3) is 0.250. The molecule has 9 heteroatoms. The number of hydrogen-bond acceptors (Lipinski definition) is 7. The lowest BCUT2D eigenvalue weighted by atomic mass is 10.2. The van der Waals surface area contributed by atoms with E-state index in [9.17, 15) is 14.4 Å². The van der Waals surface area contributed by atoms with Gasteiger partial charge in [0.2, 0.25) is 0 Å². The van der Waals surface area contributed by atoms with Gasteiger partial charge in [0.05, 0.1) is 13.0 Å². The van der Waals surface area contributed by atoms with Crippen molar-refractivity contribution in [2.24, 2.45) is 0 Å². The van der Waals surface area contributed by atoms with Gasteiger partial charge < -0.3 is 24.3 Å². The van der Waals surface area contributed by atoms with Gasteiger partial charge in [-0.1, -0.05) is 18.2 Å². The zero-order chi connectivity index (χ0) is 20.5. The second-order valence-corrected chi connectivity index (χ2v) is 5.93. The third-order valence-electron chi connectivity index (χ3n) is 3.74. The molecule has 2 aromatic carbocycles. The Morgan fingerprint density at radius 1 is 0.966 bits per heavy atom. The van der Waals surface area contributed by atoms with E-state index >= 15 is 0 Å². The summed E-state index contributed by atoms with van der Waals surface area (Å²) in [6.45, 7) is 0.433. The summed E-state index contributed by atoms with van der Waals surface area (Å²) >= 11 is 0. The van der Waals surface area contributed by atoms with E-state index in [1.54, 1.807) is 30.3 Å². The molecule has 1 heterocycles. The van der Waals surface area contributed by atoms with E-state index in [1.165, 1.54) is 0 Å². The molecule has 2 N–H and O–H groups in total. The topological polar surface area (TPSA) is 112 Å². The van der Waals surface area contributed by atoms with Crippen LogP contribution in [0.3, 0.4) is 0 Å². The fourth-order valence-electron chi connectivity index (χ4n) is 2.43. The number of nitrogens with one attached hydrogen (secondary N) is 2. The van der Waals surface area contributed by atoms with Crippen LogP contribution in [0.25, 0.3) is 0 Å². The van der Waals surface area contributed by atoms with Crippen LogP contribution in [-0.2, 0) is 14.3 Å². The summed E-state index contributed by atoms with van der Waals surface area (Å²) in [5.41, 5.74) is 0.426. The summed E-state index contributed by atoms with van der Waals surface area (Å²) in [7, 11) is 0. The van der Waals surface area contributed by atoms with Crippen molar-refractivity contribution >= 4 is 23.6 Å². The van der Waals surface area contributed by atoms with Crippen molar-refractivity contribution in [3.05, 3.63) is 48.5 Å². The normalized spacial score (nSPS) is 11.9. The lowest BCUT2D eigenvalue weighted by molar-refractivity contribution is -0.148. The SMILES string of the molecule is O=C(COC(=O)CCOc1ccccc1)NC(=O)Nc1ccc2c(c1)OCCO2. The maximum atomic E-state index is 11.9. The molecule has 9 nitrogen and oxygen atoms in total. The van der Waals surface area contributed by atoms with Crippen LogP contribution in [0, 0.1) is 0 Å². The Morgan fingerprint density at radius 2 is 1.72 bits per heavy atom. The van der Waals surface area contributed by atoms with Gasteiger partial charge in [-0.15, -0.1) is 0 Å². The molecule has 0 spiro atoms. The maximum absolute atomic E-state index is 11.9. The van der Waals surface area contributed by atoms with E-state index in [-0.39, 0.29) is 13.0 Å². The molecule has 0 saturated carbocycles. The van der Waals surface area contributed by atoms with Crippen LogP contribution in [0.4, 0.5) is 10.5 Å². The van der Waals surface area contributed by atoms with Crippen molar-refractivity contribution in [2.45, 2.75) is 6.42 Å². The monoisotopic (exact) mass is 400 g/mol. The molecular formula is C20H20N2O7. The Morgan fingerprint density at radius 3 is 2.52 bits per heavy atom. The van der Waals surface area contributed by atoms with Gasteiger partial charge in [0.15, 0.2) is 18.1 Å². The van der Waals surface area contributed by atoms with Crippen molar-refractivity contribution in [3.8, 4) is 17.2 Å². The number of urea groups is 1. The average molecular weight is 400 g/mol. The third-order valence-corrected chi connectivity index (χ3v) is 3.74. The highest BCUT2D eigenvalue weighted by Crippen LogP contribution is 2.32. The standard InChI is InChI=1S/C20H20N2O7/c23-18(13-29-19(24)8-9-26-15-4-2-1-3-5-15)22-20(25)21-14-6-7-16-17(12-14)28-11-10-27-16/h1-7,12H,8-11,13H2,(H2,21,22,23,25). The summed E-state index contributed by atoms with van der Waals surface area (Å²) in [5.74, 6) is 0.364. The molecule has 1 aliphatic rings. The Balaban J connectivity index is 1.34. The number of para-hydroxylation sites is 1. The van der Waals surface area contributed by atoms with E-state index in [0.29, 0.717) is 36.1 Å². The van der Waals surface area contributed by atoms with E-state index in [2.05, 4.69) is 10.6 Å². The number of hydrogen-bond donors (Lipinski definition) is 2. The van der Waals surface area contributed by atoms with Gasteiger partial charge in [-0.2, -0.15) is 0 Å². The minimum atomic E-state index is -0.755. The Kier molecular flexibility index (Phi) is 6.88. The van der Waals surface area contributed by atoms with Crippen LogP contribution >= 0.6 is 0 Å². The fourth-order valence-corrected chi connectivity index (χ4v) is 2.43. The zero-order valence-corrected chi connectivity index (χ0v) is 15.5. The minimum Gasteiger partial charge on any atom is -0.493 e. The van der Waals surface area contributed by atoms with Crippen molar-refractivity contribution in [1.29, 1.82) is 0 Å². The molecule has 152 valence electrons. The second-order valence-electron chi connectivity index (χ2n) is 5.93. The molecule has 0 bridgehead atoms. The van der Waals surface area contributed by atoms with Gasteiger partial charge in [0.25, 0.3) is 5.91 Å². The molecule has 3 amide bonds. The molecule has 0 fully saturated rings. The third kappa shape index (κ3) is 6.42. The number of ether oxygens (including phenoxy) is 4. The molecule has 0 unspecified atom stereocenters. The molecule has 0 saturated heterocycles. The maximum Gasteiger partial charge on any atom is 0.325 e. The lowest BCUT2D eigenvalue weighted by Gasteiger charge is -2.19. The lowest BCUT2D eigenvalue weighted by Crippen LogP contribution is -2.37. The van der Waals surface area contributed by atoms with Crippen molar-refractivity contribution in [1.82, 2.24) is 5.32 Å². The average Bonchev–Trinajstić information content (AvgIpc) is 2.73. The summed E-state index contributed by atoms with van der Waals surface area (Å²) in [6.07, 6.45) is -0.0223. The van der Waals surface area contributed by atoms with Crippen LogP contribution in [0.15, 0.2) is 48.5 Å². The molecule has 0 radical (unpaired) electrons. The highest BCUT2D eigenvalue weighted by Gasteiger charge is 2.14. The summed E-state index contributed by atoms with van der Waals surface area (Å²) < 4.78 is 21.0. The molecule has 1 aliphatic heterocycles. The van der Waals surface area contributed by atoms with E-state index in [4.69, 9.17) is 18.9 Å². The number of esters is 1. The van der Waals surface area contributed by atoms with Crippen LogP contribution in [0.2, 0.25) is 0 Å². The first-order valence-corrected chi connectivity index (χ1v) is 8.94. The largest absolute Gasteiger partial charge is 0.493 e. The summed E-state index contributed by atoms with van der Waals surface area (Å²) in [4.78, 5) is 35.3. The van der Waals surface area contributed by atoms with E-state index in [0.717, 1.165) is 0 Å². The number of carbonyl (C=O) groups is 3. The smallest absolute Gasteiger partial charge is 0.325 e. The first kappa shape index (κ1) is 20.0. The van der Waals surface area contributed by atoms with Gasteiger partial charge in [-0.05, 0) is 24.3 Å². The highest BCUT2D eigenvalue weighted by molar-refractivity contribution is 6.02. The molecule has 0 atom stereocenters. The van der Waals surface area contributed by atoms with Crippen LogP contribution in [-0.4, -0.2) is 44.3 Å². The van der Waals surface area contributed by atoms with Crippen molar-refractivity contribution in [3.63, 3.8) is 0 Å². The highest BCUT2D eigenvalue weighted by atomic mass is 16.6. The number of imide groups is 1. The first-order chi connectivity index (χ1) is 14.1. The first-order valence-electron chi connectivity index (χ1n) is 8.94. The quantitative estimate of drug-likeness (QED) is 0.685. The van der Waals surface area contributed by atoms with Crippen LogP contribution in [0.1, 0.15) is 6.42 Å². The Bertz CT molecular complexity index is 870. The molecule has 2 aromatic rings. The second kappa shape index (κ2) is 9.98. The number of carbonyl (C=O) groups excluding carboxylic acids is 3. The summed E-state index contributed by atoms with van der Waals surface area (Å²) in [5, 5.41) is 4.57. The predicted octanol–water partition coefficient (Wildman–Crippen LogP) is 2.12. The molecule has 0 aliphatic carbocycles. The van der Waals surface area contributed by atoms with Gasteiger partial charge in [0.1, 0.15) is 19.0 Å². The van der Waals surface area contributed by atoms with Gasteiger partial charge >= 0.3 is 12.0 Å². The molecular weight excluding hydrogens is 380 g/mol. The number of rotatable bonds is 7. The molecule has 3 rings (SSSR count). The molecule has 0 aromatic heterocycles. The molecule has 29 heavy (non-hydrogen) atoms. The number of benzene rings is 2. The summed E-state index contributed by atoms with van der Waals surface area (Å²) in [6, 6.07) is 13.1. The van der Waals surface area contributed by atoms with Crippen LogP contribution < -0.4 is 24.8 Å². The number of anilines is 1. The van der Waals surface area contributed by atoms with Crippen molar-refractivity contribution < 1.29 is 33.3 Å². The predicted molar refractivity (Wildman–Crippen MR) is 102 cm³/mol. The Hall–Kier alpha value is -3.75. The van der Waals surface area contributed by atoms with Gasteiger partial charge in [-0.25, -0.2) is 4.79 Å². The van der Waals surface area contributed by atoms with Crippen molar-refractivity contribution in [2.75, 3.05) is 31.7 Å². The Labute approximate surface area is 166 Å². The number of fused-ring (bicyclic) bond motifs is 1. The van der Waals surface area contributed by atoms with E-state index < -0.39 is 24.5 Å². The van der Waals surface area contributed by atoms with E-state index in [1.807, 2.05) is 18.2 Å².